The molecule has 0 saturated carbocycles. The third-order valence-electron chi connectivity index (χ3n) is 2.81. The molecule has 1 heterocycles. The minimum absolute atomic E-state index is 0.524. The molecule has 1 N–H and O–H groups in total. The molecule has 0 amide bonds. The second kappa shape index (κ2) is 5.69. The summed E-state index contributed by atoms with van der Waals surface area (Å²) in [5, 5.41) is 5.28. The van der Waals surface area contributed by atoms with Gasteiger partial charge in [0.1, 0.15) is 0 Å². The van der Waals surface area contributed by atoms with Gasteiger partial charge in [-0.3, -0.25) is 0 Å². The van der Waals surface area contributed by atoms with Crippen molar-refractivity contribution in [3.63, 3.8) is 0 Å². The summed E-state index contributed by atoms with van der Waals surface area (Å²) in [6, 6.07) is 6.35. The van der Waals surface area contributed by atoms with Crippen LogP contribution in [0.1, 0.15) is 33.1 Å². The summed E-state index contributed by atoms with van der Waals surface area (Å²) in [6.07, 6.45) is 3.51. The quantitative estimate of drug-likeness (QED) is 0.831. The van der Waals surface area contributed by atoms with Crippen LogP contribution < -0.4 is 5.32 Å². The van der Waals surface area contributed by atoms with Gasteiger partial charge in [0.15, 0.2) is 5.13 Å². The van der Waals surface area contributed by atoms with Gasteiger partial charge in [-0.15, -0.1) is 0 Å². The Balaban J connectivity index is 2.18. The van der Waals surface area contributed by atoms with E-state index in [2.05, 4.69) is 24.1 Å². The zero-order chi connectivity index (χ0) is 12.3. The number of aromatic nitrogens is 1. The maximum absolute atomic E-state index is 5.97. The van der Waals surface area contributed by atoms with Crippen molar-refractivity contribution in [2.24, 2.45) is 0 Å². The Morgan fingerprint density at radius 1 is 1.41 bits per heavy atom. The highest BCUT2D eigenvalue weighted by Gasteiger charge is 2.09. The number of hydrogen-bond acceptors (Lipinski definition) is 3. The van der Waals surface area contributed by atoms with E-state index in [1.807, 2.05) is 18.2 Å². The Bertz CT molecular complexity index is 495. The van der Waals surface area contributed by atoms with E-state index in [1.165, 1.54) is 12.8 Å². The van der Waals surface area contributed by atoms with E-state index < -0.39 is 0 Å². The Labute approximate surface area is 111 Å². The van der Waals surface area contributed by atoms with Crippen molar-refractivity contribution in [1.29, 1.82) is 0 Å². The zero-order valence-electron chi connectivity index (χ0n) is 10.2. The molecule has 17 heavy (non-hydrogen) atoms. The Hall–Kier alpha value is -0.800. The van der Waals surface area contributed by atoms with E-state index in [0.717, 1.165) is 26.8 Å². The van der Waals surface area contributed by atoms with E-state index in [0.29, 0.717) is 6.04 Å². The molecule has 2 aromatic rings. The van der Waals surface area contributed by atoms with Gasteiger partial charge < -0.3 is 5.32 Å². The second-order valence-electron chi connectivity index (χ2n) is 4.17. The van der Waals surface area contributed by atoms with Crippen molar-refractivity contribution in [1.82, 2.24) is 4.98 Å². The predicted molar refractivity (Wildman–Crippen MR) is 77.2 cm³/mol. The minimum atomic E-state index is 0.524. The van der Waals surface area contributed by atoms with Crippen LogP contribution in [0.15, 0.2) is 18.2 Å². The number of fused-ring (bicyclic) bond motifs is 1. The molecule has 0 bridgehead atoms. The van der Waals surface area contributed by atoms with Crippen molar-refractivity contribution in [2.75, 3.05) is 5.32 Å². The van der Waals surface area contributed by atoms with Crippen LogP contribution in [-0.4, -0.2) is 11.0 Å². The highest BCUT2D eigenvalue weighted by Crippen LogP contribution is 2.29. The number of nitrogens with zero attached hydrogens (tertiary/aromatic N) is 1. The lowest BCUT2D eigenvalue weighted by molar-refractivity contribution is 0.622. The number of hydrogen-bond donors (Lipinski definition) is 1. The SMILES string of the molecule is CCCC(CC)Nc1nc2ccc(Cl)cc2s1. The highest BCUT2D eigenvalue weighted by molar-refractivity contribution is 7.22. The smallest absolute Gasteiger partial charge is 0.184 e. The van der Waals surface area contributed by atoms with Crippen molar-refractivity contribution in [2.45, 2.75) is 39.2 Å². The van der Waals surface area contributed by atoms with Crippen molar-refractivity contribution in [3.8, 4) is 0 Å². The molecule has 2 nitrogen and oxygen atoms in total. The predicted octanol–water partition coefficient (Wildman–Crippen LogP) is 4.94. The fourth-order valence-corrected chi connectivity index (χ4v) is 3.08. The van der Waals surface area contributed by atoms with Crippen LogP contribution >= 0.6 is 22.9 Å². The van der Waals surface area contributed by atoms with Gasteiger partial charge >= 0.3 is 0 Å². The second-order valence-corrected chi connectivity index (χ2v) is 5.64. The fraction of sp³-hybridized carbons (Fsp3) is 0.462. The first-order valence-electron chi connectivity index (χ1n) is 6.05. The summed E-state index contributed by atoms with van der Waals surface area (Å²) in [6.45, 7) is 4.42. The first-order chi connectivity index (χ1) is 8.22. The highest BCUT2D eigenvalue weighted by atomic mass is 35.5. The minimum Gasteiger partial charge on any atom is -0.359 e. The molecule has 0 aliphatic rings. The van der Waals surface area contributed by atoms with Gasteiger partial charge in [-0.25, -0.2) is 4.98 Å². The van der Waals surface area contributed by atoms with Crippen molar-refractivity contribution < 1.29 is 0 Å². The number of anilines is 1. The molecule has 92 valence electrons. The van der Waals surface area contributed by atoms with E-state index in [1.54, 1.807) is 11.3 Å². The molecule has 0 saturated heterocycles. The molecule has 4 heteroatoms. The van der Waals surface area contributed by atoms with Gasteiger partial charge in [0, 0.05) is 11.1 Å². The van der Waals surface area contributed by atoms with Crippen LogP contribution in [0.25, 0.3) is 10.2 Å². The summed E-state index contributed by atoms with van der Waals surface area (Å²) in [5.41, 5.74) is 1.02. The van der Waals surface area contributed by atoms with Crippen molar-refractivity contribution in [3.05, 3.63) is 23.2 Å². The standard InChI is InChI=1S/C13H17ClN2S/c1-3-5-10(4-2)15-13-16-11-7-6-9(14)8-12(11)17-13/h6-8,10H,3-5H2,1-2H3,(H,15,16). The lowest BCUT2D eigenvalue weighted by Gasteiger charge is -2.14. The van der Waals surface area contributed by atoms with Gasteiger partial charge in [-0.05, 0) is 31.0 Å². The monoisotopic (exact) mass is 268 g/mol. The molecule has 1 unspecified atom stereocenters. The first kappa shape index (κ1) is 12.7. The largest absolute Gasteiger partial charge is 0.359 e. The number of halogens is 1. The number of thiazole rings is 1. The lowest BCUT2D eigenvalue weighted by Crippen LogP contribution is -2.17. The average Bonchev–Trinajstić information content (AvgIpc) is 2.69. The molecular weight excluding hydrogens is 252 g/mol. The van der Waals surface area contributed by atoms with E-state index in [9.17, 15) is 0 Å². The molecule has 1 aromatic carbocycles. The maximum Gasteiger partial charge on any atom is 0.184 e. The zero-order valence-corrected chi connectivity index (χ0v) is 11.7. The molecule has 0 fully saturated rings. The Morgan fingerprint density at radius 2 is 2.24 bits per heavy atom. The van der Waals surface area contributed by atoms with Gasteiger partial charge in [0.25, 0.3) is 0 Å². The average molecular weight is 269 g/mol. The lowest BCUT2D eigenvalue weighted by atomic mass is 10.1. The third-order valence-corrected chi connectivity index (χ3v) is 3.99. The summed E-state index contributed by atoms with van der Waals surface area (Å²) < 4.78 is 1.14. The maximum atomic E-state index is 5.97. The van der Waals surface area contributed by atoms with Crippen LogP contribution in [0.2, 0.25) is 5.02 Å². The molecule has 0 aliphatic heterocycles. The van der Waals surface area contributed by atoms with Crippen LogP contribution in [0.4, 0.5) is 5.13 Å². The molecule has 1 atom stereocenters. The molecule has 2 rings (SSSR count). The van der Waals surface area contributed by atoms with Gasteiger partial charge in [-0.1, -0.05) is 43.2 Å². The van der Waals surface area contributed by atoms with Crippen molar-refractivity contribution >= 4 is 38.3 Å². The summed E-state index contributed by atoms with van der Waals surface area (Å²) in [5.74, 6) is 0. The van der Waals surface area contributed by atoms with Crippen LogP contribution in [0.3, 0.4) is 0 Å². The topological polar surface area (TPSA) is 24.9 Å². The first-order valence-corrected chi connectivity index (χ1v) is 7.25. The molecular formula is C13H17ClN2S. The fourth-order valence-electron chi connectivity index (χ4n) is 1.86. The third kappa shape index (κ3) is 3.11. The van der Waals surface area contributed by atoms with Crippen LogP contribution in [-0.2, 0) is 0 Å². The normalized spacial score (nSPS) is 12.9. The van der Waals surface area contributed by atoms with Gasteiger partial charge in [-0.2, -0.15) is 0 Å². The summed E-state index contributed by atoms with van der Waals surface area (Å²) >= 11 is 7.64. The molecule has 0 spiro atoms. The number of rotatable bonds is 5. The van der Waals surface area contributed by atoms with E-state index >= 15 is 0 Å². The molecule has 0 aliphatic carbocycles. The van der Waals surface area contributed by atoms with Crippen LogP contribution in [0, 0.1) is 0 Å². The van der Waals surface area contributed by atoms with E-state index in [-0.39, 0.29) is 0 Å². The van der Waals surface area contributed by atoms with Crippen LogP contribution in [0.5, 0.6) is 0 Å². The number of nitrogens with one attached hydrogen (secondary N) is 1. The molecule has 1 aromatic heterocycles. The van der Waals surface area contributed by atoms with Gasteiger partial charge in [0.05, 0.1) is 10.2 Å². The summed E-state index contributed by atoms with van der Waals surface area (Å²) in [7, 11) is 0. The molecule has 0 radical (unpaired) electrons. The van der Waals surface area contributed by atoms with Gasteiger partial charge in [0.2, 0.25) is 0 Å². The summed E-state index contributed by atoms with van der Waals surface area (Å²) in [4.78, 5) is 4.57. The van der Waals surface area contributed by atoms with E-state index in [4.69, 9.17) is 11.6 Å². The Morgan fingerprint density at radius 3 is 2.94 bits per heavy atom. The number of benzene rings is 1. The Kier molecular flexibility index (Phi) is 4.24.